The topological polar surface area (TPSA) is 105 Å². The van der Waals surface area contributed by atoms with Crippen molar-refractivity contribution >= 4 is 21.8 Å². The number of ether oxygens (including phenoxy) is 1. The molecule has 3 fully saturated rings. The number of piperidine rings is 1. The fourth-order valence-corrected chi connectivity index (χ4v) is 6.79. The lowest BCUT2D eigenvalue weighted by molar-refractivity contribution is -0.127. The summed E-state index contributed by atoms with van der Waals surface area (Å²) in [6.45, 7) is 3.62. The molecule has 4 unspecified atom stereocenters. The maximum absolute atomic E-state index is 12.8. The summed E-state index contributed by atoms with van der Waals surface area (Å²) in [5, 5.41) is 6.22. The van der Waals surface area contributed by atoms with E-state index in [0.29, 0.717) is 50.1 Å². The number of benzene rings is 1. The zero-order chi connectivity index (χ0) is 22.7. The van der Waals surface area contributed by atoms with Gasteiger partial charge in [0.15, 0.2) is 0 Å². The number of carbonyl (C=O) groups excluding carboxylic acids is 2. The Kier molecular flexibility index (Phi) is 7.17. The van der Waals surface area contributed by atoms with Crippen LogP contribution in [0, 0.1) is 11.8 Å². The van der Waals surface area contributed by atoms with Crippen LogP contribution in [0.5, 0.6) is 0 Å². The minimum absolute atomic E-state index is 0.00110. The van der Waals surface area contributed by atoms with E-state index in [1.54, 1.807) is 12.1 Å². The smallest absolute Gasteiger partial charge is 0.251 e. The summed E-state index contributed by atoms with van der Waals surface area (Å²) in [6.07, 6.45) is 5.41. The van der Waals surface area contributed by atoms with E-state index < -0.39 is 10.0 Å². The number of morpholine rings is 1. The van der Waals surface area contributed by atoms with Crippen molar-refractivity contribution in [2.24, 2.45) is 11.8 Å². The van der Waals surface area contributed by atoms with Gasteiger partial charge < -0.3 is 15.4 Å². The van der Waals surface area contributed by atoms with Gasteiger partial charge in [0, 0.05) is 37.2 Å². The molecule has 2 N–H and O–H groups in total. The van der Waals surface area contributed by atoms with E-state index in [1.807, 2.05) is 0 Å². The molecule has 2 aliphatic heterocycles. The zero-order valence-corrected chi connectivity index (χ0v) is 19.4. The fourth-order valence-electron chi connectivity index (χ4n) is 5.38. The first-order valence-corrected chi connectivity index (χ1v) is 13.1. The molecule has 4 rings (SSSR count). The summed E-state index contributed by atoms with van der Waals surface area (Å²) in [4.78, 5) is 25.1. The molecule has 2 amide bonds. The highest BCUT2D eigenvalue weighted by molar-refractivity contribution is 7.89. The van der Waals surface area contributed by atoms with Gasteiger partial charge in [-0.3, -0.25) is 9.59 Å². The van der Waals surface area contributed by atoms with Gasteiger partial charge in [0.25, 0.3) is 5.91 Å². The van der Waals surface area contributed by atoms with Crippen molar-refractivity contribution in [1.82, 2.24) is 14.9 Å². The summed E-state index contributed by atoms with van der Waals surface area (Å²) >= 11 is 0. The quantitative estimate of drug-likeness (QED) is 0.671. The lowest BCUT2D eigenvalue weighted by atomic mass is 9.70. The Morgan fingerprint density at radius 1 is 1.19 bits per heavy atom. The minimum atomic E-state index is -3.58. The second kappa shape index (κ2) is 9.89. The predicted molar refractivity (Wildman–Crippen MR) is 120 cm³/mol. The van der Waals surface area contributed by atoms with E-state index in [9.17, 15) is 18.0 Å². The van der Waals surface area contributed by atoms with Crippen LogP contribution >= 0.6 is 0 Å². The molecule has 32 heavy (non-hydrogen) atoms. The summed E-state index contributed by atoms with van der Waals surface area (Å²) < 4.78 is 32.1. The van der Waals surface area contributed by atoms with Gasteiger partial charge in [-0.15, -0.1) is 0 Å². The SMILES string of the molecule is CCCC1CC(=O)NC2CC(NC(=O)c3ccc(S(=O)(=O)N4CCOCC4)cc3)CCC12. The number of hydrogen-bond donors (Lipinski definition) is 2. The first-order chi connectivity index (χ1) is 15.4. The zero-order valence-electron chi connectivity index (χ0n) is 18.6. The number of sulfonamides is 1. The number of fused-ring (bicyclic) bond motifs is 1. The summed E-state index contributed by atoms with van der Waals surface area (Å²) in [7, 11) is -3.58. The van der Waals surface area contributed by atoms with Crippen LogP contribution < -0.4 is 10.6 Å². The third-order valence-corrected chi connectivity index (χ3v) is 8.94. The average Bonchev–Trinajstić information content (AvgIpc) is 2.79. The predicted octanol–water partition coefficient (Wildman–Crippen LogP) is 1.91. The molecule has 8 nitrogen and oxygen atoms in total. The van der Waals surface area contributed by atoms with Crippen molar-refractivity contribution in [3.8, 4) is 0 Å². The van der Waals surface area contributed by atoms with Crippen LogP contribution in [0.25, 0.3) is 0 Å². The molecule has 1 aromatic rings. The van der Waals surface area contributed by atoms with Crippen LogP contribution in [0.15, 0.2) is 29.2 Å². The lowest BCUT2D eigenvalue weighted by Gasteiger charge is -2.44. The van der Waals surface area contributed by atoms with E-state index >= 15 is 0 Å². The van der Waals surface area contributed by atoms with Crippen molar-refractivity contribution in [2.45, 2.75) is 62.4 Å². The molecule has 4 atom stereocenters. The lowest BCUT2D eigenvalue weighted by Crippen LogP contribution is -2.55. The number of nitrogens with one attached hydrogen (secondary N) is 2. The van der Waals surface area contributed by atoms with Gasteiger partial charge in [0.05, 0.1) is 18.1 Å². The number of amides is 2. The highest BCUT2D eigenvalue weighted by atomic mass is 32.2. The fraction of sp³-hybridized carbons (Fsp3) is 0.652. The standard InChI is InChI=1S/C23H33N3O5S/c1-2-3-17-14-22(27)25-21-15-18(6-9-20(17)21)24-23(28)16-4-7-19(8-5-16)32(29,30)26-10-12-31-13-11-26/h4-5,7-8,17-18,20-21H,2-3,6,9-15H2,1H3,(H,24,28)(H,25,27). The Morgan fingerprint density at radius 3 is 2.59 bits per heavy atom. The summed E-state index contributed by atoms with van der Waals surface area (Å²) in [6, 6.07) is 6.23. The third-order valence-electron chi connectivity index (χ3n) is 7.02. The van der Waals surface area contributed by atoms with Crippen molar-refractivity contribution in [1.29, 1.82) is 0 Å². The van der Waals surface area contributed by atoms with Gasteiger partial charge in [-0.1, -0.05) is 13.3 Å². The molecule has 1 aliphatic carbocycles. The molecule has 1 saturated carbocycles. The monoisotopic (exact) mass is 463 g/mol. The van der Waals surface area contributed by atoms with Gasteiger partial charge in [-0.25, -0.2) is 8.42 Å². The molecule has 1 aromatic carbocycles. The van der Waals surface area contributed by atoms with Crippen LogP contribution in [0.4, 0.5) is 0 Å². The first kappa shape index (κ1) is 23.2. The molecular formula is C23H33N3O5S. The van der Waals surface area contributed by atoms with Crippen molar-refractivity contribution in [3.05, 3.63) is 29.8 Å². The van der Waals surface area contributed by atoms with Crippen LogP contribution in [-0.4, -0.2) is 62.9 Å². The van der Waals surface area contributed by atoms with E-state index in [-0.39, 0.29) is 28.8 Å². The van der Waals surface area contributed by atoms with Crippen molar-refractivity contribution < 1.29 is 22.7 Å². The molecule has 0 aromatic heterocycles. The van der Waals surface area contributed by atoms with Gasteiger partial charge >= 0.3 is 0 Å². The normalized spacial score (nSPS) is 29.1. The molecule has 0 radical (unpaired) electrons. The molecule has 9 heteroatoms. The van der Waals surface area contributed by atoms with Crippen LogP contribution in [0.3, 0.4) is 0 Å². The summed E-state index contributed by atoms with van der Waals surface area (Å²) in [5.41, 5.74) is 0.435. The van der Waals surface area contributed by atoms with E-state index in [1.165, 1.54) is 16.4 Å². The first-order valence-electron chi connectivity index (χ1n) is 11.7. The van der Waals surface area contributed by atoms with Crippen LogP contribution in [0.2, 0.25) is 0 Å². The highest BCUT2D eigenvalue weighted by Gasteiger charge is 2.40. The number of carbonyl (C=O) groups is 2. The third kappa shape index (κ3) is 5.00. The Labute approximate surface area is 190 Å². The number of rotatable bonds is 6. The maximum atomic E-state index is 12.8. The Hall–Kier alpha value is -1.97. The maximum Gasteiger partial charge on any atom is 0.251 e. The Balaban J connectivity index is 1.37. The molecule has 0 bridgehead atoms. The largest absolute Gasteiger partial charge is 0.379 e. The van der Waals surface area contributed by atoms with E-state index in [0.717, 1.165) is 32.1 Å². The Morgan fingerprint density at radius 2 is 1.91 bits per heavy atom. The Bertz CT molecular complexity index is 927. The van der Waals surface area contributed by atoms with Gasteiger partial charge in [0.1, 0.15) is 0 Å². The highest BCUT2D eigenvalue weighted by Crippen LogP contribution is 2.37. The number of nitrogens with zero attached hydrogens (tertiary/aromatic N) is 1. The molecule has 3 aliphatic rings. The van der Waals surface area contributed by atoms with Gasteiger partial charge in [0.2, 0.25) is 15.9 Å². The average molecular weight is 464 g/mol. The van der Waals surface area contributed by atoms with Crippen LogP contribution in [-0.2, 0) is 19.6 Å². The molecule has 2 heterocycles. The summed E-state index contributed by atoms with van der Waals surface area (Å²) in [5.74, 6) is 0.839. The van der Waals surface area contributed by atoms with Crippen molar-refractivity contribution in [2.75, 3.05) is 26.3 Å². The molecule has 176 valence electrons. The molecular weight excluding hydrogens is 430 g/mol. The molecule has 2 saturated heterocycles. The number of hydrogen-bond acceptors (Lipinski definition) is 5. The van der Waals surface area contributed by atoms with Crippen molar-refractivity contribution in [3.63, 3.8) is 0 Å². The van der Waals surface area contributed by atoms with E-state index in [4.69, 9.17) is 4.74 Å². The van der Waals surface area contributed by atoms with Gasteiger partial charge in [-0.05, 0) is 61.8 Å². The van der Waals surface area contributed by atoms with Crippen LogP contribution in [0.1, 0.15) is 55.8 Å². The minimum Gasteiger partial charge on any atom is -0.379 e. The van der Waals surface area contributed by atoms with E-state index in [2.05, 4.69) is 17.6 Å². The molecule has 0 spiro atoms. The second-order valence-corrected chi connectivity index (χ2v) is 11.1. The second-order valence-electron chi connectivity index (χ2n) is 9.12. The van der Waals surface area contributed by atoms with Gasteiger partial charge in [-0.2, -0.15) is 4.31 Å².